The van der Waals surface area contributed by atoms with E-state index in [1.165, 1.54) is 11.3 Å². The largest absolute Gasteiger partial charge is 0.379 e. The van der Waals surface area contributed by atoms with Gasteiger partial charge >= 0.3 is 0 Å². The van der Waals surface area contributed by atoms with Gasteiger partial charge in [0.15, 0.2) is 0 Å². The Labute approximate surface area is 115 Å². The lowest BCUT2D eigenvalue weighted by Gasteiger charge is -2.27. The predicted octanol–water partition coefficient (Wildman–Crippen LogP) is 2.58. The van der Waals surface area contributed by atoms with E-state index in [1.807, 2.05) is 35.2 Å². The number of aromatic nitrogens is 1. The summed E-state index contributed by atoms with van der Waals surface area (Å²) in [6, 6.07) is 9.81. The number of carbonyl (C=O) groups excluding carboxylic acids is 1. The monoisotopic (exact) mass is 274 g/mol. The third-order valence-corrected chi connectivity index (χ3v) is 3.76. The molecule has 0 N–H and O–H groups in total. The van der Waals surface area contributed by atoms with Gasteiger partial charge in [-0.25, -0.2) is 4.98 Å². The van der Waals surface area contributed by atoms with E-state index >= 15 is 0 Å². The van der Waals surface area contributed by atoms with Gasteiger partial charge in [-0.05, 0) is 18.6 Å². The van der Waals surface area contributed by atoms with Crippen LogP contribution in [0.5, 0.6) is 0 Å². The minimum Gasteiger partial charge on any atom is -0.379 e. The van der Waals surface area contributed by atoms with Gasteiger partial charge in [-0.15, -0.1) is 11.3 Å². The maximum Gasteiger partial charge on any atom is 0.278 e. The molecule has 4 nitrogen and oxygen atoms in total. The predicted molar refractivity (Wildman–Crippen MR) is 74.6 cm³/mol. The third-order valence-electron chi connectivity index (χ3n) is 3.18. The summed E-state index contributed by atoms with van der Waals surface area (Å²) in [4.78, 5) is 18.5. The van der Waals surface area contributed by atoms with E-state index in [9.17, 15) is 4.79 Å². The van der Waals surface area contributed by atoms with Crippen molar-refractivity contribution >= 4 is 22.9 Å². The molecular formula is C14H14N2O2S. The molecule has 1 amide bonds. The normalized spacial score (nSPS) is 18.4. The first-order valence-corrected chi connectivity index (χ1v) is 7.15. The zero-order chi connectivity index (χ0) is 13.1. The molecule has 2 aromatic rings. The summed E-state index contributed by atoms with van der Waals surface area (Å²) < 4.78 is 5.42. The van der Waals surface area contributed by atoms with E-state index in [1.54, 1.807) is 10.9 Å². The van der Waals surface area contributed by atoms with Gasteiger partial charge in [-0.3, -0.25) is 4.79 Å². The Kier molecular flexibility index (Phi) is 3.57. The fraction of sp³-hybridized carbons (Fsp3) is 0.286. The number of hydrogen-bond acceptors (Lipinski definition) is 4. The number of ether oxygens (including phenoxy) is 1. The number of rotatable bonds is 3. The second kappa shape index (κ2) is 5.50. The molecule has 0 unspecified atom stereocenters. The third kappa shape index (κ3) is 2.52. The number of amides is 1. The van der Waals surface area contributed by atoms with E-state index in [0.29, 0.717) is 18.9 Å². The molecule has 1 saturated heterocycles. The zero-order valence-corrected chi connectivity index (χ0v) is 11.2. The average molecular weight is 274 g/mol. The van der Waals surface area contributed by atoms with Crippen molar-refractivity contribution in [1.82, 2.24) is 4.98 Å². The molecule has 0 aliphatic carbocycles. The SMILES string of the molecule is O=C(c1cscn1)N(c1ccccc1)[C@@H]1CCOC1. The molecule has 1 aliphatic heterocycles. The lowest BCUT2D eigenvalue weighted by Crippen LogP contribution is -2.41. The molecule has 2 heterocycles. The topological polar surface area (TPSA) is 42.4 Å². The summed E-state index contributed by atoms with van der Waals surface area (Å²) in [6.07, 6.45) is 0.866. The van der Waals surface area contributed by atoms with Gasteiger partial charge in [0.05, 0.1) is 18.2 Å². The molecule has 0 bridgehead atoms. The Hall–Kier alpha value is -1.72. The van der Waals surface area contributed by atoms with Crippen molar-refractivity contribution in [2.24, 2.45) is 0 Å². The molecule has 0 spiro atoms. The first-order chi connectivity index (χ1) is 9.36. The summed E-state index contributed by atoms with van der Waals surface area (Å²) in [5.41, 5.74) is 3.08. The number of hydrogen-bond donors (Lipinski definition) is 0. The minimum atomic E-state index is -0.0528. The summed E-state index contributed by atoms with van der Waals surface area (Å²) >= 11 is 1.43. The summed E-state index contributed by atoms with van der Waals surface area (Å²) in [5, 5.41) is 1.79. The molecule has 1 aliphatic rings. The van der Waals surface area contributed by atoms with Crippen LogP contribution in [0.15, 0.2) is 41.2 Å². The molecule has 1 aromatic carbocycles. The van der Waals surface area contributed by atoms with Crippen LogP contribution in [0.3, 0.4) is 0 Å². The van der Waals surface area contributed by atoms with Crippen molar-refractivity contribution < 1.29 is 9.53 Å². The van der Waals surface area contributed by atoms with Crippen LogP contribution in [0.2, 0.25) is 0 Å². The Morgan fingerprint density at radius 2 is 2.21 bits per heavy atom. The second-order valence-electron chi connectivity index (χ2n) is 4.40. The molecule has 0 radical (unpaired) electrons. The quantitative estimate of drug-likeness (QED) is 0.864. The van der Waals surface area contributed by atoms with Gasteiger partial charge in [0.2, 0.25) is 0 Å². The summed E-state index contributed by atoms with van der Waals surface area (Å²) in [6.45, 7) is 1.29. The zero-order valence-electron chi connectivity index (χ0n) is 10.4. The molecule has 19 heavy (non-hydrogen) atoms. The molecule has 0 saturated carbocycles. The molecule has 1 aromatic heterocycles. The number of nitrogens with zero attached hydrogens (tertiary/aromatic N) is 2. The van der Waals surface area contributed by atoms with E-state index in [0.717, 1.165) is 12.1 Å². The molecule has 3 rings (SSSR count). The van der Waals surface area contributed by atoms with Crippen LogP contribution < -0.4 is 4.90 Å². The first kappa shape index (κ1) is 12.3. The van der Waals surface area contributed by atoms with E-state index in [-0.39, 0.29) is 11.9 Å². The maximum atomic E-state index is 12.6. The van der Waals surface area contributed by atoms with Crippen LogP contribution in [0.1, 0.15) is 16.9 Å². The molecule has 1 fully saturated rings. The van der Waals surface area contributed by atoms with Gasteiger partial charge < -0.3 is 9.64 Å². The van der Waals surface area contributed by atoms with Gasteiger partial charge in [0, 0.05) is 17.7 Å². The second-order valence-corrected chi connectivity index (χ2v) is 5.12. The van der Waals surface area contributed by atoms with Crippen molar-refractivity contribution in [3.05, 3.63) is 46.9 Å². The van der Waals surface area contributed by atoms with Gasteiger partial charge in [0.1, 0.15) is 5.69 Å². The Morgan fingerprint density at radius 3 is 2.84 bits per heavy atom. The van der Waals surface area contributed by atoms with Crippen LogP contribution in [0, 0.1) is 0 Å². The lowest BCUT2D eigenvalue weighted by molar-refractivity contribution is 0.0967. The van der Waals surface area contributed by atoms with E-state index in [4.69, 9.17) is 4.74 Å². The van der Waals surface area contributed by atoms with Gasteiger partial charge in [-0.1, -0.05) is 18.2 Å². The van der Waals surface area contributed by atoms with Crippen LogP contribution in [0.25, 0.3) is 0 Å². The van der Waals surface area contributed by atoms with Gasteiger partial charge in [0.25, 0.3) is 5.91 Å². The highest BCUT2D eigenvalue weighted by atomic mass is 32.1. The Bertz CT molecular complexity index is 536. The number of para-hydroxylation sites is 1. The van der Waals surface area contributed by atoms with Crippen LogP contribution in [0.4, 0.5) is 5.69 Å². The van der Waals surface area contributed by atoms with Crippen LogP contribution in [-0.2, 0) is 4.74 Å². The molecule has 98 valence electrons. The van der Waals surface area contributed by atoms with Crippen LogP contribution in [-0.4, -0.2) is 30.1 Å². The average Bonchev–Trinajstić information content (AvgIpc) is 3.13. The highest BCUT2D eigenvalue weighted by Gasteiger charge is 2.30. The number of benzene rings is 1. The first-order valence-electron chi connectivity index (χ1n) is 6.21. The highest BCUT2D eigenvalue weighted by molar-refractivity contribution is 7.07. The van der Waals surface area contributed by atoms with Crippen molar-refractivity contribution in [3.63, 3.8) is 0 Å². The van der Waals surface area contributed by atoms with Crippen molar-refractivity contribution in [2.75, 3.05) is 18.1 Å². The van der Waals surface area contributed by atoms with Crippen molar-refractivity contribution in [3.8, 4) is 0 Å². The fourth-order valence-corrected chi connectivity index (χ4v) is 2.78. The summed E-state index contributed by atoms with van der Waals surface area (Å²) in [5.74, 6) is -0.0528. The Morgan fingerprint density at radius 1 is 1.37 bits per heavy atom. The molecular weight excluding hydrogens is 260 g/mol. The minimum absolute atomic E-state index is 0.0528. The fourth-order valence-electron chi connectivity index (χ4n) is 2.25. The van der Waals surface area contributed by atoms with E-state index in [2.05, 4.69) is 4.98 Å². The standard InChI is InChI=1S/C14H14N2O2S/c17-14(13-9-19-10-15-13)16(12-6-7-18-8-12)11-4-2-1-3-5-11/h1-5,9-10,12H,6-8H2/t12-/m1/s1. The van der Waals surface area contributed by atoms with E-state index < -0.39 is 0 Å². The smallest absolute Gasteiger partial charge is 0.278 e. The van der Waals surface area contributed by atoms with Gasteiger partial charge in [-0.2, -0.15) is 0 Å². The molecule has 5 heteroatoms. The van der Waals surface area contributed by atoms with Crippen molar-refractivity contribution in [2.45, 2.75) is 12.5 Å². The number of anilines is 1. The van der Waals surface area contributed by atoms with Crippen molar-refractivity contribution in [1.29, 1.82) is 0 Å². The Balaban J connectivity index is 1.94. The summed E-state index contributed by atoms with van der Waals surface area (Å²) in [7, 11) is 0. The van der Waals surface area contributed by atoms with Crippen LogP contribution >= 0.6 is 11.3 Å². The number of carbonyl (C=O) groups is 1. The highest BCUT2D eigenvalue weighted by Crippen LogP contribution is 2.24. The number of thiazole rings is 1. The lowest BCUT2D eigenvalue weighted by atomic mass is 10.1. The molecule has 1 atom stereocenters. The maximum absolute atomic E-state index is 12.6.